The number of methoxy groups -OCH3 is 1. The van der Waals surface area contributed by atoms with Gasteiger partial charge in [0.25, 0.3) is 0 Å². The number of esters is 1. The zero-order chi connectivity index (χ0) is 11.3. The lowest BCUT2D eigenvalue weighted by Gasteiger charge is -2.11. The SMILES string of the molecule is COC(=O)C(C)NCc1cccc(Cl)c1. The molecule has 4 heteroatoms. The van der Waals surface area contributed by atoms with Crippen LogP contribution in [0.1, 0.15) is 12.5 Å². The van der Waals surface area contributed by atoms with Gasteiger partial charge in [0.15, 0.2) is 0 Å². The number of benzene rings is 1. The molecular weight excluding hydrogens is 214 g/mol. The van der Waals surface area contributed by atoms with Crippen LogP contribution in [0.15, 0.2) is 24.3 Å². The Morgan fingerprint density at radius 1 is 1.60 bits per heavy atom. The molecule has 0 fully saturated rings. The largest absolute Gasteiger partial charge is 0.468 e. The van der Waals surface area contributed by atoms with Crippen molar-refractivity contribution in [3.05, 3.63) is 34.9 Å². The first-order valence-corrected chi connectivity index (χ1v) is 5.07. The Balaban J connectivity index is 2.47. The lowest BCUT2D eigenvalue weighted by molar-refractivity contribution is -0.142. The smallest absolute Gasteiger partial charge is 0.322 e. The molecule has 0 aliphatic heterocycles. The highest BCUT2D eigenvalue weighted by molar-refractivity contribution is 6.30. The maximum atomic E-state index is 11.1. The number of hydrogen-bond donors (Lipinski definition) is 1. The molecule has 0 spiro atoms. The van der Waals surface area contributed by atoms with Crippen LogP contribution in [0.5, 0.6) is 0 Å². The number of carbonyl (C=O) groups is 1. The molecule has 1 unspecified atom stereocenters. The highest BCUT2D eigenvalue weighted by Crippen LogP contribution is 2.10. The lowest BCUT2D eigenvalue weighted by Crippen LogP contribution is -2.34. The predicted molar refractivity (Wildman–Crippen MR) is 59.8 cm³/mol. The maximum absolute atomic E-state index is 11.1. The van der Waals surface area contributed by atoms with E-state index < -0.39 is 0 Å². The number of nitrogens with one attached hydrogen (secondary N) is 1. The number of ether oxygens (including phenoxy) is 1. The average Bonchev–Trinajstić information content (AvgIpc) is 2.25. The number of hydrogen-bond acceptors (Lipinski definition) is 3. The van der Waals surface area contributed by atoms with Crippen LogP contribution in [0.2, 0.25) is 5.02 Å². The van der Waals surface area contributed by atoms with Crippen LogP contribution < -0.4 is 5.32 Å². The molecule has 0 amide bonds. The Morgan fingerprint density at radius 3 is 2.93 bits per heavy atom. The fraction of sp³-hybridized carbons (Fsp3) is 0.364. The molecular formula is C11H14ClNO2. The zero-order valence-electron chi connectivity index (χ0n) is 8.79. The molecule has 0 saturated heterocycles. The monoisotopic (exact) mass is 227 g/mol. The summed E-state index contributed by atoms with van der Waals surface area (Å²) < 4.78 is 4.60. The highest BCUT2D eigenvalue weighted by Gasteiger charge is 2.11. The van der Waals surface area contributed by atoms with E-state index in [0.29, 0.717) is 11.6 Å². The molecule has 1 atom stereocenters. The number of rotatable bonds is 4. The summed E-state index contributed by atoms with van der Waals surface area (Å²) in [7, 11) is 1.37. The summed E-state index contributed by atoms with van der Waals surface area (Å²) in [5.74, 6) is -0.267. The summed E-state index contributed by atoms with van der Waals surface area (Å²) >= 11 is 5.83. The first-order valence-electron chi connectivity index (χ1n) is 4.69. The van der Waals surface area contributed by atoms with Crippen molar-refractivity contribution in [2.75, 3.05) is 7.11 Å². The van der Waals surface area contributed by atoms with Crippen molar-refractivity contribution in [1.29, 1.82) is 0 Å². The molecule has 0 heterocycles. The van der Waals surface area contributed by atoms with Gasteiger partial charge in [-0.05, 0) is 24.6 Å². The van der Waals surface area contributed by atoms with Crippen molar-refractivity contribution in [1.82, 2.24) is 5.32 Å². The van der Waals surface area contributed by atoms with E-state index in [2.05, 4.69) is 10.1 Å². The van der Waals surface area contributed by atoms with Crippen molar-refractivity contribution in [3.63, 3.8) is 0 Å². The number of carbonyl (C=O) groups excluding carboxylic acids is 1. The highest BCUT2D eigenvalue weighted by atomic mass is 35.5. The molecule has 1 aromatic rings. The first-order chi connectivity index (χ1) is 7.13. The Morgan fingerprint density at radius 2 is 2.33 bits per heavy atom. The van der Waals surface area contributed by atoms with Crippen LogP contribution in [-0.2, 0) is 16.1 Å². The molecule has 0 bridgehead atoms. The molecule has 15 heavy (non-hydrogen) atoms. The van der Waals surface area contributed by atoms with Crippen molar-refractivity contribution in [2.45, 2.75) is 19.5 Å². The van der Waals surface area contributed by atoms with Gasteiger partial charge in [0.05, 0.1) is 7.11 Å². The lowest BCUT2D eigenvalue weighted by atomic mass is 10.2. The molecule has 0 radical (unpaired) electrons. The minimum atomic E-state index is -0.311. The Hall–Kier alpha value is -1.06. The molecule has 1 N–H and O–H groups in total. The van der Waals surface area contributed by atoms with E-state index in [4.69, 9.17) is 11.6 Å². The molecule has 3 nitrogen and oxygen atoms in total. The molecule has 82 valence electrons. The fourth-order valence-electron chi connectivity index (χ4n) is 1.18. The van der Waals surface area contributed by atoms with Crippen LogP contribution in [-0.4, -0.2) is 19.1 Å². The van der Waals surface area contributed by atoms with Crippen molar-refractivity contribution < 1.29 is 9.53 Å². The van der Waals surface area contributed by atoms with E-state index in [1.807, 2.05) is 24.3 Å². The number of halogens is 1. The van der Waals surface area contributed by atoms with Gasteiger partial charge in [-0.3, -0.25) is 4.79 Å². The van der Waals surface area contributed by atoms with Crippen molar-refractivity contribution in [2.24, 2.45) is 0 Å². The van der Waals surface area contributed by atoms with Gasteiger partial charge in [0, 0.05) is 11.6 Å². The zero-order valence-corrected chi connectivity index (χ0v) is 9.54. The standard InChI is InChI=1S/C11H14ClNO2/c1-8(11(14)15-2)13-7-9-4-3-5-10(12)6-9/h3-6,8,13H,7H2,1-2H3. The maximum Gasteiger partial charge on any atom is 0.322 e. The second kappa shape index (κ2) is 5.73. The van der Waals surface area contributed by atoms with E-state index in [-0.39, 0.29) is 12.0 Å². The second-order valence-corrected chi connectivity index (χ2v) is 3.69. The third kappa shape index (κ3) is 3.90. The average molecular weight is 228 g/mol. The summed E-state index contributed by atoms with van der Waals surface area (Å²) in [6, 6.07) is 7.19. The summed E-state index contributed by atoms with van der Waals surface area (Å²) in [5.41, 5.74) is 1.04. The quantitative estimate of drug-likeness (QED) is 0.800. The van der Waals surface area contributed by atoms with Gasteiger partial charge in [-0.2, -0.15) is 0 Å². The van der Waals surface area contributed by atoms with Crippen LogP contribution in [0.25, 0.3) is 0 Å². The Kier molecular flexibility index (Phi) is 4.59. The van der Waals surface area contributed by atoms with Gasteiger partial charge in [-0.15, -0.1) is 0 Å². The minimum Gasteiger partial charge on any atom is -0.468 e. The Bertz CT molecular complexity index is 341. The Labute approximate surface area is 94.4 Å². The molecule has 1 aromatic carbocycles. The molecule has 1 rings (SSSR count). The van der Waals surface area contributed by atoms with Gasteiger partial charge >= 0.3 is 5.97 Å². The van der Waals surface area contributed by atoms with E-state index >= 15 is 0 Å². The summed E-state index contributed by atoms with van der Waals surface area (Å²) in [6.45, 7) is 2.35. The van der Waals surface area contributed by atoms with Gasteiger partial charge in [-0.25, -0.2) is 0 Å². The molecule has 0 aromatic heterocycles. The van der Waals surface area contributed by atoms with E-state index in [1.165, 1.54) is 7.11 Å². The first kappa shape index (κ1) is 12.0. The van der Waals surface area contributed by atoms with Crippen LogP contribution in [0, 0.1) is 0 Å². The van der Waals surface area contributed by atoms with Crippen LogP contribution in [0.4, 0.5) is 0 Å². The third-order valence-corrected chi connectivity index (χ3v) is 2.29. The normalized spacial score (nSPS) is 12.2. The van der Waals surface area contributed by atoms with Gasteiger partial charge in [0.1, 0.15) is 6.04 Å². The van der Waals surface area contributed by atoms with Gasteiger partial charge in [-0.1, -0.05) is 23.7 Å². The predicted octanol–water partition coefficient (Wildman–Crippen LogP) is 1.99. The summed E-state index contributed by atoms with van der Waals surface area (Å²) in [5, 5.41) is 3.74. The van der Waals surface area contributed by atoms with Crippen LogP contribution >= 0.6 is 11.6 Å². The second-order valence-electron chi connectivity index (χ2n) is 3.26. The third-order valence-electron chi connectivity index (χ3n) is 2.06. The minimum absolute atomic E-state index is 0.267. The molecule has 0 aliphatic rings. The topological polar surface area (TPSA) is 38.3 Å². The fourth-order valence-corrected chi connectivity index (χ4v) is 1.39. The molecule has 0 saturated carbocycles. The van der Waals surface area contributed by atoms with E-state index in [0.717, 1.165) is 5.56 Å². The van der Waals surface area contributed by atoms with Crippen LogP contribution in [0.3, 0.4) is 0 Å². The molecule has 0 aliphatic carbocycles. The summed E-state index contributed by atoms with van der Waals surface area (Å²) in [6.07, 6.45) is 0. The van der Waals surface area contributed by atoms with Crippen molar-refractivity contribution in [3.8, 4) is 0 Å². The summed E-state index contributed by atoms with van der Waals surface area (Å²) in [4.78, 5) is 11.1. The van der Waals surface area contributed by atoms with Crippen molar-refractivity contribution >= 4 is 17.6 Å². The van der Waals surface area contributed by atoms with E-state index in [9.17, 15) is 4.79 Å². The van der Waals surface area contributed by atoms with Gasteiger partial charge in [0.2, 0.25) is 0 Å². The van der Waals surface area contributed by atoms with Gasteiger partial charge < -0.3 is 10.1 Å². The van der Waals surface area contributed by atoms with E-state index in [1.54, 1.807) is 6.92 Å².